The van der Waals surface area contributed by atoms with Crippen molar-refractivity contribution >= 4 is 65.9 Å². The fraction of sp³-hybridized carbons (Fsp3) is 0.273. The Morgan fingerprint density at radius 3 is 1.82 bits per heavy atom. The first-order valence-corrected chi connectivity index (χ1v) is 8.49. The van der Waals surface area contributed by atoms with Gasteiger partial charge in [-0.2, -0.15) is 0 Å². The van der Waals surface area contributed by atoms with Gasteiger partial charge in [0.2, 0.25) is 0 Å². The van der Waals surface area contributed by atoms with Gasteiger partial charge in [0, 0.05) is 9.75 Å². The third-order valence-electron chi connectivity index (χ3n) is 3.20. The topological polar surface area (TPSA) is 6.48 Å². The molecule has 0 aliphatic carbocycles. The van der Waals surface area contributed by atoms with Crippen molar-refractivity contribution in [2.75, 3.05) is 16.5 Å². The van der Waals surface area contributed by atoms with Crippen LogP contribution in [0.5, 0.6) is 0 Å². The lowest BCUT2D eigenvalue weighted by Crippen LogP contribution is -2.44. The molecular weight excluding hydrogens is 384 g/mol. The minimum atomic E-state index is 1.02. The fourth-order valence-electron chi connectivity index (χ4n) is 2.51. The molecule has 2 aromatic rings. The highest BCUT2D eigenvalue weighted by Gasteiger charge is 2.31. The van der Waals surface area contributed by atoms with Crippen LogP contribution in [0.3, 0.4) is 0 Å². The highest BCUT2D eigenvalue weighted by molar-refractivity contribution is 9.11. The molecule has 2 aromatic heterocycles. The molecule has 0 radical (unpaired) electrons. The normalized spacial score (nSPS) is 17.1. The van der Waals surface area contributed by atoms with Crippen molar-refractivity contribution in [3.63, 3.8) is 0 Å². The number of rotatable bonds is 0. The Kier molecular flexibility index (Phi) is 2.38. The van der Waals surface area contributed by atoms with Gasteiger partial charge in [-0.1, -0.05) is 0 Å². The van der Waals surface area contributed by atoms with E-state index in [0.29, 0.717) is 0 Å². The van der Waals surface area contributed by atoms with Crippen LogP contribution in [0.15, 0.2) is 19.7 Å². The molecule has 4 rings (SSSR count). The summed E-state index contributed by atoms with van der Waals surface area (Å²) >= 11 is 10.9. The van der Waals surface area contributed by atoms with Gasteiger partial charge < -0.3 is 9.80 Å². The van der Waals surface area contributed by atoms with E-state index >= 15 is 0 Å². The Bertz CT molecular complexity index is 552. The van der Waals surface area contributed by atoms with Crippen LogP contribution in [0, 0.1) is 0 Å². The number of hydrogen-bond donors (Lipinski definition) is 0. The standard InChI is InChI=1S/C11H8Br2N2S2/c12-10-1-6-8(16-10)3-15-5-14(6)4-9-7(15)2-11(13)17-9/h1-2H,3-5H2. The van der Waals surface area contributed by atoms with Gasteiger partial charge in [0.1, 0.15) is 0 Å². The van der Waals surface area contributed by atoms with Gasteiger partial charge in [0.15, 0.2) is 0 Å². The first kappa shape index (κ1) is 10.8. The highest BCUT2D eigenvalue weighted by atomic mass is 79.9. The van der Waals surface area contributed by atoms with Crippen molar-refractivity contribution in [2.24, 2.45) is 0 Å². The summed E-state index contributed by atoms with van der Waals surface area (Å²) in [5.74, 6) is 0. The molecule has 0 atom stereocenters. The molecule has 2 aliphatic heterocycles. The van der Waals surface area contributed by atoms with E-state index in [2.05, 4.69) is 53.8 Å². The second-order valence-corrected chi connectivity index (χ2v) is 9.29. The molecule has 0 N–H and O–H groups in total. The second-order valence-electron chi connectivity index (χ2n) is 4.26. The Labute approximate surface area is 124 Å². The molecule has 0 amide bonds. The number of fused-ring (bicyclic) bond motifs is 6. The molecule has 2 aliphatic rings. The number of halogens is 2. The lowest BCUT2D eigenvalue weighted by atomic mass is 10.2. The summed E-state index contributed by atoms with van der Waals surface area (Å²) in [6.07, 6.45) is 0. The van der Waals surface area contributed by atoms with Crippen LogP contribution in [0.4, 0.5) is 11.4 Å². The van der Waals surface area contributed by atoms with Crippen molar-refractivity contribution in [1.29, 1.82) is 0 Å². The third-order valence-corrected chi connectivity index (χ3v) is 6.43. The predicted molar refractivity (Wildman–Crippen MR) is 81.3 cm³/mol. The van der Waals surface area contributed by atoms with Crippen LogP contribution < -0.4 is 9.80 Å². The Hall–Kier alpha value is -0.0400. The van der Waals surface area contributed by atoms with Crippen molar-refractivity contribution in [3.05, 3.63) is 29.5 Å². The molecule has 0 unspecified atom stereocenters. The SMILES string of the molecule is Brc1cc2c(s1)CN1CN2Cc2sc(Br)cc21. The molecule has 0 spiro atoms. The molecule has 88 valence electrons. The van der Waals surface area contributed by atoms with Crippen molar-refractivity contribution in [1.82, 2.24) is 0 Å². The summed E-state index contributed by atoms with van der Waals surface area (Å²) < 4.78 is 2.47. The Morgan fingerprint density at radius 2 is 1.35 bits per heavy atom. The number of anilines is 2. The summed E-state index contributed by atoms with van der Waals surface area (Å²) in [5.41, 5.74) is 2.82. The molecule has 0 aromatic carbocycles. The molecule has 6 heteroatoms. The summed E-state index contributed by atoms with van der Waals surface area (Å²) in [6, 6.07) is 4.51. The van der Waals surface area contributed by atoms with E-state index in [1.807, 2.05) is 22.7 Å². The zero-order valence-electron chi connectivity index (χ0n) is 8.74. The zero-order valence-corrected chi connectivity index (χ0v) is 13.5. The largest absolute Gasteiger partial charge is 0.348 e. The van der Waals surface area contributed by atoms with E-state index in [1.165, 1.54) is 28.7 Å². The molecule has 17 heavy (non-hydrogen) atoms. The van der Waals surface area contributed by atoms with Gasteiger partial charge in [0.05, 0.1) is 38.7 Å². The molecule has 2 bridgehead atoms. The zero-order chi connectivity index (χ0) is 11.6. The smallest absolute Gasteiger partial charge is 0.0911 e. The number of nitrogens with zero attached hydrogens (tertiary/aromatic N) is 2. The quantitative estimate of drug-likeness (QED) is 0.645. The predicted octanol–water partition coefficient (Wildman–Crippen LogP) is 4.63. The minimum Gasteiger partial charge on any atom is -0.348 e. The van der Waals surface area contributed by atoms with Crippen molar-refractivity contribution in [3.8, 4) is 0 Å². The fourth-order valence-corrected chi connectivity index (χ4v) is 5.96. The van der Waals surface area contributed by atoms with E-state index < -0.39 is 0 Å². The molecular formula is C11H8Br2N2S2. The third kappa shape index (κ3) is 1.61. The van der Waals surface area contributed by atoms with Crippen LogP contribution in [0.1, 0.15) is 9.75 Å². The van der Waals surface area contributed by atoms with Crippen LogP contribution in [-0.2, 0) is 13.1 Å². The molecule has 2 nitrogen and oxygen atoms in total. The van der Waals surface area contributed by atoms with Gasteiger partial charge in [-0.3, -0.25) is 0 Å². The Morgan fingerprint density at radius 1 is 0.882 bits per heavy atom. The van der Waals surface area contributed by atoms with Crippen LogP contribution >= 0.6 is 54.5 Å². The summed E-state index contributed by atoms with van der Waals surface area (Å²) in [7, 11) is 0. The van der Waals surface area contributed by atoms with E-state index in [9.17, 15) is 0 Å². The first-order chi connectivity index (χ1) is 8.20. The maximum Gasteiger partial charge on any atom is 0.0911 e. The van der Waals surface area contributed by atoms with Crippen molar-refractivity contribution < 1.29 is 0 Å². The van der Waals surface area contributed by atoms with Crippen LogP contribution in [0.2, 0.25) is 0 Å². The first-order valence-electron chi connectivity index (χ1n) is 5.27. The number of hydrogen-bond acceptors (Lipinski definition) is 4. The van der Waals surface area contributed by atoms with Gasteiger partial charge in [0.25, 0.3) is 0 Å². The van der Waals surface area contributed by atoms with E-state index in [-0.39, 0.29) is 0 Å². The van der Waals surface area contributed by atoms with Crippen LogP contribution in [0.25, 0.3) is 0 Å². The molecule has 0 fully saturated rings. The molecule has 0 saturated carbocycles. The average molecular weight is 392 g/mol. The second kappa shape index (κ2) is 3.73. The van der Waals surface area contributed by atoms with Gasteiger partial charge >= 0.3 is 0 Å². The molecule has 0 saturated heterocycles. The van der Waals surface area contributed by atoms with Gasteiger partial charge in [-0.05, 0) is 44.0 Å². The van der Waals surface area contributed by atoms with E-state index in [0.717, 1.165) is 19.8 Å². The Balaban J connectivity index is 1.85. The highest BCUT2D eigenvalue weighted by Crippen LogP contribution is 2.46. The van der Waals surface area contributed by atoms with E-state index in [1.54, 1.807) is 0 Å². The monoisotopic (exact) mass is 390 g/mol. The summed E-state index contributed by atoms with van der Waals surface area (Å²) in [6.45, 7) is 3.10. The maximum atomic E-state index is 3.60. The maximum absolute atomic E-state index is 3.60. The lowest BCUT2D eigenvalue weighted by Gasteiger charge is -2.42. The number of thiophene rings is 2. The lowest BCUT2D eigenvalue weighted by molar-refractivity contribution is 0.666. The van der Waals surface area contributed by atoms with E-state index in [4.69, 9.17) is 0 Å². The van der Waals surface area contributed by atoms with Gasteiger partial charge in [-0.15, -0.1) is 22.7 Å². The van der Waals surface area contributed by atoms with Crippen molar-refractivity contribution in [2.45, 2.75) is 13.1 Å². The average Bonchev–Trinajstić information content (AvgIpc) is 2.81. The minimum absolute atomic E-state index is 1.02. The van der Waals surface area contributed by atoms with Gasteiger partial charge in [-0.25, -0.2) is 0 Å². The summed E-state index contributed by atoms with van der Waals surface area (Å²) in [5, 5.41) is 0. The summed E-state index contributed by atoms with van der Waals surface area (Å²) in [4.78, 5) is 7.86. The van der Waals surface area contributed by atoms with Crippen LogP contribution in [-0.4, -0.2) is 6.67 Å². The molecule has 4 heterocycles.